The highest BCUT2D eigenvalue weighted by Crippen LogP contribution is 2.38. The number of rotatable bonds is 3. The first kappa shape index (κ1) is 15.4. The van der Waals surface area contributed by atoms with Crippen molar-refractivity contribution in [1.82, 2.24) is 15.5 Å². The summed E-state index contributed by atoms with van der Waals surface area (Å²) >= 11 is 0. The Labute approximate surface area is 134 Å². The van der Waals surface area contributed by atoms with Crippen LogP contribution in [0.2, 0.25) is 0 Å². The number of benzene rings is 1. The second kappa shape index (κ2) is 6.32. The molecule has 6 heteroatoms. The van der Waals surface area contributed by atoms with E-state index in [1.807, 2.05) is 0 Å². The minimum Gasteiger partial charge on any atom is -0.328 e. The van der Waals surface area contributed by atoms with Gasteiger partial charge in [0, 0.05) is 0 Å². The minimum atomic E-state index is -0.438. The van der Waals surface area contributed by atoms with Crippen LogP contribution in [0.5, 0.6) is 0 Å². The number of hydrogen-bond acceptors (Lipinski definition) is 3. The lowest BCUT2D eigenvalue weighted by molar-refractivity contribution is 0.236. The van der Waals surface area contributed by atoms with Gasteiger partial charge in [0.15, 0.2) is 0 Å². The molecule has 2 N–H and O–H groups in total. The molecule has 1 saturated carbocycles. The van der Waals surface area contributed by atoms with Crippen molar-refractivity contribution in [2.24, 2.45) is 0 Å². The van der Waals surface area contributed by atoms with Crippen LogP contribution in [0.1, 0.15) is 36.9 Å². The molecular formula is C17H19FN4O. The number of aryl methyl sites for hydroxylation is 1. The van der Waals surface area contributed by atoms with Gasteiger partial charge in [-0.25, -0.2) is 9.18 Å². The summed E-state index contributed by atoms with van der Waals surface area (Å²) in [6.07, 6.45) is 5.30. The van der Waals surface area contributed by atoms with Crippen LogP contribution < -0.4 is 10.6 Å². The molecule has 0 radical (unpaired) electrons. The molecule has 1 heterocycles. The highest BCUT2D eigenvalue weighted by Gasteiger charge is 2.37. The zero-order valence-electron chi connectivity index (χ0n) is 13.0. The van der Waals surface area contributed by atoms with Gasteiger partial charge in [0.25, 0.3) is 0 Å². The van der Waals surface area contributed by atoms with Crippen LogP contribution >= 0.6 is 0 Å². The van der Waals surface area contributed by atoms with Crippen molar-refractivity contribution in [3.05, 3.63) is 53.6 Å². The van der Waals surface area contributed by atoms with E-state index in [4.69, 9.17) is 0 Å². The van der Waals surface area contributed by atoms with Crippen LogP contribution in [0.25, 0.3) is 0 Å². The number of anilines is 1. The summed E-state index contributed by atoms with van der Waals surface area (Å²) in [5, 5.41) is 13.6. The maximum atomic E-state index is 13.2. The Balaban J connectivity index is 1.78. The lowest BCUT2D eigenvalue weighted by Gasteiger charge is -2.31. The Bertz CT molecular complexity index is 696. The van der Waals surface area contributed by atoms with Gasteiger partial charge >= 0.3 is 6.03 Å². The maximum Gasteiger partial charge on any atom is 0.319 e. The summed E-state index contributed by atoms with van der Waals surface area (Å²) in [6.45, 7) is 1.79. The molecule has 23 heavy (non-hydrogen) atoms. The molecular weight excluding hydrogens is 295 g/mol. The maximum absolute atomic E-state index is 13.2. The summed E-state index contributed by atoms with van der Waals surface area (Å²) in [4.78, 5) is 12.4. The molecule has 2 aromatic rings. The van der Waals surface area contributed by atoms with Crippen molar-refractivity contribution in [3.63, 3.8) is 0 Å². The van der Waals surface area contributed by atoms with E-state index in [0.29, 0.717) is 11.4 Å². The molecule has 1 fully saturated rings. The smallest absolute Gasteiger partial charge is 0.319 e. The van der Waals surface area contributed by atoms with Crippen molar-refractivity contribution >= 4 is 11.7 Å². The molecule has 1 aromatic heterocycles. The van der Waals surface area contributed by atoms with Crippen molar-refractivity contribution in [2.45, 2.75) is 38.1 Å². The zero-order chi connectivity index (χ0) is 16.3. The van der Waals surface area contributed by atoms with Crippen LogP contribution in [-0.4, -0.2) is 16.2 Å². The largest absolute Gasteiger partial charge is 0.328 e. The molecule has 0 unspecified atom stereocenters. The molecule has 0 saturated heterocycles. The lowest BCUT2D eigenvalue weighted by Crippen LogP contribution is -2.46. The molecule has 120 valence electrons. The first-order valence-electron chi connectivity index (χ1n) is 7.73. The number of nitrogens with one attached hydrogen (secondary N) is 2. The average Bonchev–Trinajstić information content (AvgIpc) is 3.00. The number of hydrogen-bond donors (Lipinski definition) is 2. The molecule has 0 atom stereocenters. The fourth-order valence-electron chi connectivity index (χ4n) is 3.14. The highest BCUT2D eigenvalue weighted by atomic mass is 19.1. The van der Waals surface area contributed by atoms with Crippen molar-refractivity contribution in [3.8, 4) is 0 Å². The van der Waals surface area contributed by atoms with Gasteiger partial charge in [-0.1, -0.05) is 25.0 Å². The molecule has 1 aromatic carbocycles. The highest BCUT2D eigenvalue weighted by molar-refractivity contribution is 5.90. The van der Waals surface area contributed by atoms with E-state index in [-0.39, 0.29) is 11.8 Å². The predicted octanol–water partition coefficient (Wildman–Crippen LogP) is 3.52. The number of nitrogens with zero attached hydrogens (tertiary/aromatic N) is 2. The minimum absolute atomic E-state index is 0.273. The summed E-state index contributed by atoms with van der Waals surface area (Å²) in [7, 11) is 0. The first-order valence-corrected chi connectivity index (χ1v) is 7.73. The molecule has 3 rings (SSSR count). The van der Waals surface area contributed by atoms with E-state index in [1.54, 1.807) is 25.1 Å². The van der Waals surface area contributed by atoms with E-state index in [0.717, 1.165) is 31.2 Å². The normalized spacial score (nSPS) is 16.1. The Kier molecular flexibility index (Phi) is 4.23. The standard InChI is InChI=1S/C17H19FN4O/c1-12-15(8-11-19-22-12)20-16(23)21-17(9-2-3-10-17)13-4-6-14(18)7-5-13/h4-8,11H,2-3,9-10H2,1H3,(H2,19,20,21,23). The van der Waals surface area contributed by atoms with Gasteiger partial charge in [-0.05, 0) is 43.5 Å². The van der Waals surface area contributed by atoms with Crippen LogP contribution in [0.4, 0.5) is 14.9 Å². The number of halogens is 1. The number of urea groups is 1. The zero-order valence-corrected chi connectivity index (χ0v) is 13.0. The van der Waals surface area contributed by atoms with Gasteiger partial charge in [-0.2, -0.15) is 10.2 Å². The predicted molar refractivity (Wildman–Crippen MR) is 85.5 cm³/mol. The number of carbonyl (C=O) groups is 1. The third kappa shape index (κ3) is 3.31. The lowest BCUT2D eigenvalue weighted by atomic mass is 9.88. The van der Waals surface area contributed by atoms with Crippen LogP contribution in [0.15, 0.2) is 36.5 Å². The molecule has 0 aliphatic heterocycles. The van der Waals surface area contributed by atoms with Crippen LogP contribution in [0.3, 0.4) is 0 Å². The Hall–Kier alpha value is -2.50. The Morgan fingerprint density at radius 2 is 1.87 bits per heavy atom. The summed E-state index contributed by atoms with van der Waals surface area (Å²) in [5.74, 6) is -0.273. The second-order valence-corrected chi connectivity index (χ2v) is 5.91. The summed E-state index contributed by atoms with van der Waals surface area (Å²) in [6, 6.07) is 7.80. The van der Waals surface area contributed by atoms with E-state index < -0.39 is 5.54 Å². The van der Waals surface area contributed by atoms with Crippen molar-refractivity contribution in [1.29, 1.82) is 0 Å². The molecule has 0 spiro atoms. The van der Waals surface area contributed by atoms with E-state index >= 15 is 0 Å². The van der Waals surface area contributed by atoms with Gasteiger partial charge < -0.3 is 10.6 Å². The quantitative estimate of drug-likeness (QED) is 0.911. The monoisotopic (exact) mass is 314 g/mol. The van der Waals surface area contributed by atoms with Crippen molar-refractivity contribution < 1.29 is 9.18 Å². The third-order valence-corrected chi connectivity index (χ3v) is 4.36. The molecule has 1 aliphatic rings. The van der Waals surface area contributed by atoms with Gasteiger partial charge in [0.1, 0.15) is 5.82 Å². The number of aromatic nitrogens is 2. The first-order chi connectivity index (χ1) is 11.1. The summed E-state index contributed by atoms with van der Waals surface area (Å²) < 4.78 is 13.2. The van der Waals surface area contributed by atoms with E-state index in [1.165, 1.54) is 18.3 Å². The average molecular weight is 314 g/mol. The third-order valence-electron chi connectivity index (χ3n) is 4.36. The van der Waals surface area contributed by atoms with Crippen molar-refractivity contribution in [2.75, 3.05) is 5.32 Å². The van der Waals surface area contributed by atoms with Gasteiger partial charge in [0.2, 0.25) is 0 Å². The molecule has 2 amide bonds. The van der Waals surface area contributed by atoms with Crippen LogP contribution in [0, 0.1) is 12.7 Å². The van der Waals surface area contributed by atoms with Crippen LogP contribution in [-0.2, 0) is 5.54 Å². The van der Waals surface area contributed by atoms with Gasteiger partial charge in [-0.3, -0.25) is 0 Å². The molecule has 0 bridgehead atoms. The molecule has 1 aliphatic carbocycles. The fraction of sp³-hybridized carbons (Fsp3) is 0.353. The van der Waals surface area contributed by atoms with Gasteiger partial charge in [-0.15, -0.1) is 0 Å². The SMILES string of the molecule is Cc1nnccc1NC(=O)NC1(c2ccc(F)cc2)CCCC1. The topological polar surface area (TPSA) is 66.9 Å². The van der Waals surface area contributed by atoms with E-state index in [9.17, 15) is 9.18 Å². The van der Waals surface area contributed by atoms with E-state index in [2.05, 4.69) is 20.8 Å². The number of amides is 2. The Morgan fingerprint density at radius 3 is 2.52 bits per heavy atom. The number of carbonyl (C=O) groups excluding carboxylic acids is 1. The fourth-order valence-corrected chi connectivity index (χ4v) is 3.14. The van der Waals surface area contributed by atoms with Gasteiger partial charge in [0.05, 0.1) is 23.1 Å². The Morgan fingerprint density at radius 1 is 1.17 bits per heavy atom. The summed E-state index contributed by atoms with van der Waals surface area (Å²) in [5.41, 5.74) is 1.79. The second-order valence-electron chi connectivity index (χ2n) is 5.91. The molecule has 5 nitrogen and oxygen atoms in total.